The normalized spacial score (nSPS) is 18.2. The molecule has 0 radical (unpaired) electrons. The van der Waals surface area contributed by atoms with Crippen LogP contribution in [0.25, 0.3) is 0 Å². The van der Waals surface area contributed by atoms with Crippen molar-refractivity contribution in [3.05, 3.63) is 63.9 Å². The third-order valence-electron chi connectivity index (χ3n) is 3.84. The zero-order valence-corrected chi connectivity index (χ0v) is 13.5. The quantitative estimate of drug-likeness (QED) is 0.879. The highest BCUT2D eigenvalue weighted by Crippen LogP contribution is 2.26. The fraction of sp³-hybridized carbons (Fsp3) is 0.294. The van der Waals surface area contributed by atoms with Crippen LogP contribution in [-0.2, 0) is 13.1 Å². The number of benzene rings is 2. The molecule has 0 amide bonds. The fourth-order valence-corrected chi connectivity index (χ4v) is 3.17. The van der Waals surface area contributed by atoms with Crippen molar-refractivity contribution in [1.82, 2.24) is 5.32 Å². The average molecular weight is 349 g/mol. The molecule has 0 fully saturated rings. The van der Waals surface area contributed by atoms with Crippen LogP contribution in [0.1, 0.15) is 18.1 Å². The summed E-state index contributed by atoms with van der Waals surface area (Å²) in [6.45, 7) is 4.46. The Bertz CT molecular complexity index is 644. The molecule has 0 aliphatic carbocycles. The molecular weight excluding hydrogens is 331 g/mol. The second kappa shape index (κ2) is 6.16. The molecule has 0 bridgehead atoms. The zero-order chi connectivity index (χ0) is 14.8. The molecule has 4 heteroatoms. The Hall–Kier alpha value is -1.39. The molecule has 1 heterocycles. The number of nitrogens with zero attached hydrogens (tertiary/aromatic N) is 1. The number of hydrogen-bond acceptors (Lipinski definition) is 2. The van der Waals surface area contributed by atoms with Crippen LogP contribution in [0.2, 0.25) is 0 Å². The molecule has 21 heavy (non-hydrogen) atoms. The maximum atomic E-state index is 14.0. The molecule has 2 aromatic rings. The van der Waals surface area contributed by atoms with Crippen LogP contribution in [0.5, 0.6) is 0 Å². The van der Waals surface area contributed by atoms with Crippen LogP contribution >= 0.6 is 15.9 Å². The summed E-state index contributed by atoms with van der Waals surface area (Å²) in [5, 5.41) is 3.50. The Labute approximate surface area is 133 Å². The van der Waals surface area contributed by atoms with Gasteiger partial charge in [0, 0.05) is 41.4 Å². The average Bonchev–Trinajstić information content (AvgIpc) is 2.63. The molecule has 2 nitrogen and oxygen atoms in total. The number of para-hydroxylation sites is 1. The number of anilines is 1. The summed E-state index contributed by atoms with van der Waals surface area (Å²) in [6.07, 6.45) is 0. The maximum absolute atomic E-state index is 14.0. The third-order valence-corrected chi connectivity index (χ3v) is 4.33. The van der Waals surface area contributed by atoms with Gasteiger partial charge in [-0.05, 0) is 36.8 Å². The van der Waals surface area contributed by atoms with Crippen LogP contribution in [-0.4, -0.2) is 12.6 Å². The Kier molecular flexibility index (Phi) is 4.27. The number of halogens is 2. The zero-order valence-electron chi connectivity index (χ0n) is 11.9. The fourth-order valence-electron chi connectivity index (χ4n) is 2.77. The Balaban J connectivity index is 1.94. The molecule has 110 valence electrons. The molecule has 1 aliphatic rings. The van der Waals surface area contributed by atoms with Crippen molar-refractivity contribution in [1.29, 1.82) is 0 Å². The van der Waals surface area contributed by atoms with Gasteiger partial charge in [-0.2, -0.15) is 0 Å². The second-order valence-corrected chi connectivity index (χ2v) is 6.44. The predicted molar refractivity (Wildman–Crippen MR) is 87.9 cm³/mol. The van der Waals surface area contributed by atoms with E-state index in [-0.39, 0.29) is 5.82 Å². The molecule has 1 N–H and O–H groups in total. The van der Waals surface area contributed by atoms with Gasteiger partial charge in [0.1, 0.15) is 5.82 Å². The highest BCUT2D eigenvalue weighted by Gasteiger charge is 2.19. The van der Waals surface area contributed by atoms with E-state index in [2.05, 4.69) is 45.2 Å². The molecule has 1 aliphatic heterocycles. The molecule has 1 unspecified atom stereocenters. The number of rotatable bonds is 2. The van der Waals surface area contributed by atoms with Crippen molar-refractivity contribution in [3.63, 3.8) is 0 Å². The van der Waals surface area contributed by atoms with Gasteiger partial charge < -0.3 is 10.2 Å². The lowest BCUT2D eigenvalue weighted by Gasteiger charge is -2.27. The van der Waals surface area contributed by atoms with Crippen molar-refractivity contribution in [2.24, 2.45) is 0 Å². The lowest BCUT2D eigenvalue weighted by atomic mass is 10.1. The van der Waals surface area contributed by atoms with Crippen LogP contribution in [0, 0.1) is 5.82 Å². The molecule has 0 saturated carbocycles. The van der Waals surface area contributed by atoms with E-state index >= 15 is 0 Å². The summed E-state index contributed by atoms with van der Waals surface area (Å²) in [7, 11) is 0. The van der Waals surface area contributed by atoms with E-state index in [1.165, 1.54) is 17.3 Å². The Morgan fingerprint density at radius 3 is 2.95 bits per heavy atom. The topological polar surface area (TPSA) is 15.3 Å². The first-order chi connectivity index (χ1) is 10.1. The third kappa shape index (κ3) is 3.27. The summed E-state index contributed by atoms with van der Waals surface area (Å²) < 4.78 is 14.9. The smallest absolute Gasteiger partial charge is 0.128 e. The van der Waals surface area contributed by atoms with Crippen LogP contribution in [0.4, 0.5) is 10.1 Å². The first-order valence-corrected chi connectivity index (χ1v) is 7.93. The van der Waals surface area contributed by atoms with Gasteiger partial charge in [0.15, 0.2) is 0 Å². The van der Waals surface area contributed by atoms with Gasteiger partial charge in [-0.1, -0.05) is 34.1 Å². The molecule has 0 spiro atoms. The van der Waals surface area contributed by atoms with Gasteiger partial charge in [0.2, 0.25) is 0 Å². The minimum atomic E-state index is -0.152. The molecule has 2 aromatic carbocycles. The van der Waals surface area contributed by atoms with E-state index in [0.29, 0.717) is 18.2 Å². The van der Waals surface area contributed by atoms with E-state index < -0.39 is 0 Å². The van der Waals surface area contributed by atoms with Crippen molar-refractivity contribution in [2.75, 3.05) is 11.4 Å². The van der Waals surface area contributed by atoms with Gasteiger partial charge in [0.25, 0.3) is 0 Å². The summed E-state index contributed by atoms with van der Waals surface area (Å²) in [5.74, 6) is -0.152. The number of nitrogens with one attached hydrogen (secondary N) is 1. The summed E-state index contributed by atoms with van der Waals surface area (Å²) in [4.78, 5) is 2.25. The van der Waals surface area contributed by atoms with Crippen LogP contribution in [0.15, 0.2) is 46.9 Å². The minimum Gasteiger partial charge on any atom is -0.365 e. The van der Waals surface area contributed by atoms with E-state index in [1.54, 1.807) is 6.07 Å². The van der Waals surface area contributed by atoms with Crippen molar-refractivity contribution < 1.29 is 4.39 Å². The Morgan fingerprint density at radius 2 is 2.10 bits per heavy atom. The molecular formula is C17H18BrFN2. The SMILES string of the molecule is CC1CN(Cc2cc(Br)ccc2F)c2ccccc2CN1. The predicted octanol–water partition coefficient (Wildman–Crippen LogP) is 4.09. The first-order valence-electron chi connectivity index (χ1n) is 7.13. The largest absolute Gasteiger partial charge is 0.365 e. The highest BCUT2D eigenvalue weighted by molar-refractivity contribution is 9.10. The molecule has 3 rings (SSSR count). The van der Waals surface area contributed by atoms with Gasteiger partial charge in [-0.25, -0.2) is 4.39 Å². The highest BCUT2D eigenvalue weighted by atomic mass is 79.9. The second-order valence-electron chi connectivity index (χ2n) is 5.53. The van der Waals surface area contributed by atoms with Crippen molar-refractivity contribution >= 4 is 21.6 Å². The minimum absolute atomic E-state index is 0.152. The standard InChI is InChI=1S/C17H18BrFN2/c1-12-10-21(11-14-8-15(18)6-7-16(14)19)17-5-3-2-4-13(17)9-20-12/h2-8,12,20H,9-11H2,1H3. The Morgan fingerprint density at radius 1 is 1.29 bits per heavy atom. The summed E-state index contributed by atoms with van der Waals surface area (Å²) >= 11 is 3.42. The van der Waals surface area contributed by atoms with Gasteiger partial charge in [0.05, 0.1) is 0 Å². The lowest BCUT2D eigenvalue weighted by Crippen LogP contribution is -2.35. The van der Waals surface area contributed by atoms with Crippen molar-refractivity contribution in [2.45, 2.75) is 26.1 Å². The number of hydrogen-bond donors (Lipinski definition) is 1. The molecule has 1 atom stereocenters. The molecule has 0 saturated heterocycles. The van der Waals surface area contributed by atoms with E-state index in [0.717, 1.165) is 17.6 Å². The summed E-state index contributed by atoms with van der Waals surface area (Å²) in [6, 6.07) is 13.8. The number of fused-ring (bicyclic) bond motifs is 1. The monoisotopic (exact) mass is 348 g/mol. The maximum Gasteiger partial charge on any atom is 0.128 e. The van der Waals surface area contributed by atoms with E-state index in [4.69, 9.17) is 0 Å². The van der Waals surface area contributed by atoms with E-state index in [1.807, 2.05) is 18.2 Å². The summed E-state index contributed by atoms with van der Waals surface area (Å²) in [5.41, 5.74) is 3.17. The van der Waals surface area contributed by atoms with E-state index in [9.17, 15) is 4.39 Å². The van der Waals surface area contributed by atoms with Gasteiger partial charge in [-0.3, -0.25) is 0 Å². The first kappa shape index (κ1) is 14.5. The lowest BCUT2D eigenvalue weighted by molar-refractivity contribution is 0.546. The van der Waals surface area contributed by atoms with Crippen LogP contribution in [0.3, 0.4) is 0 Å². The van der Waals surface area contributed by atoms with Crippen molar-refractivity contribution in [3.8, 4) is 0 Å². The van der Waals surface area contributed by atoms with Gasteiger partial charge in [-0.15, -0.1) is 0 Å². The molecule has 0 aromatic heterocycles. The van der Waals surface area contributed by atoms with Crippen LogP contribution < -0.4 is 10.2 Å². The van der Waals surface area contributed by atoms with Gasteiger partial charge >= 0.3 is 0 Å².